The van der Waals surface area contributed by atoms with Gasteiger partial charge in [0.25, 0.3) is 5.91 Å². The number of rotatable bonds is 3. The second kappa shape index (κ2) is 7.34. The van der Waals surface area contributed by atoms with Gasteiger partial charge in [-0.2, -0.15) is 5.10 Å². The molecule has 7 nitrogen and oxygen atoms in total. The lowest BCUT2D eigenvalue weighted by Gasteiger charge is -2.36. The monoisotopic (exact) mass is 377 g/mol. The van der Waals surface area contributed by atoms with Crippen molar-refractivity contribution in [1.82, 2.24) is 19.7 Å². The van der Waals surface area contributed by atoms with E-state index in [9.17, 15) is 9.90 Å². The van der Waals surface area contributed by atoms with Gasteiger partial charge in [0, 0.05) is 50.0 Å². The third-order valence-electron chi connectivity index (χ3n) is 5.15. The first-order valence-corrected chi connectivity index (χ1v) is 9.32. The van der Waals surface area contributed by atoms with E-state index >= 15 is 0 Å². The lowest BCUT2D eigenvalue weighted by Crippen LogP contribution is -2.48. The lowest BCUT2D eigenvalue weighted by atomic mass is 10.1. The highest BCUT2D eigenvalue weighted by Gasteiger charge is 2.22. The van der Waals surface area contributed by atoms with Crippen LogP contribution in [0, 0.1) is 6.92 Å². The molecule has 0 aliphatic carbocycles. The van der Waals surface area contributed by atoms with Crippen molar-refractivity contribution in [3.05, 3.63) is 59.9 Å². The molecule has 0 atom stereocenters. The van der Waals surface area contributed by atoms with Gasteiger partial charge in [0.1, 0.15) is 11.6 Å². The first-order chi connectivity index (χ1) is 13.5. The maximum absolute atomic E-state index is 12.8. The van der Waals surface area contributed by atoms with Gasteiger partial charge < -0.3 is 14.9 Å². The van der Waals surface area contributed by atoms with E-state index in [1.165, 1.54) is 0 Å². The Morgan fingerprint density at radius 2 is 1.61 bits per heavy atom. The largest absolute Gasteiger partial charge is 0.508 e. The predicted molar refractivity (Wildman–Crippen MR) is 107 cm³/mol. The third kappa shape index (κ3) is 3.55. The molecule has 7 heteroatoms. The van der Waals surface area contributed by atoms with Gasteiger partial charge >= 0.3 is 0 Å². The fraction of sp³-hybridized carbons (Fsp3) is 0.286. The van der Waals surface area contributed by atoms with E-state index in [2.05, 4.69) is 15.0 Å². The number of anilines is 1. The summed E-state index contributed by atoms with van der Waals surface area (Å²) in [5.41, 5.74) is 2.64. The van der Waals surface area contributed by atoms with Crippen molar-refractivity contribution >= 4 is 11.6 Å². The Bertz CT molecular complexity index is 952. The molecule has 0 radical (unpaired) electrons. The van der Waals surface area contributed by atoms with Gasteiger partial charge in [-0.15, -0.1) is 0 Å². The van der Waals surface area contributed by atoms with Crippen molar-refractivity contribution in [3.63, 3.8) is 0 Å². The zero-order valence-electron chi connectivity index (χ0n) is 16.0. The molecule has 1 N–H and O–H groups in total. The molecule has 2 aromatic carbocycles. The first kappa shape index (κ1) is 18.0. The maximum Gasteiger partial charge on any atom is 0.253 e. The van der Waals surface area contributed by atoms with Crippen molar-refractivity contribution in [2.45, 2.75) is 6.92 Å². The molecule has 28 heavy (non-hydrogen) atoms. The Balaban J connectivity index is 1.40. The number of piperazine rings is 1. The van der Waals surface area contributed by atoms with Crippen molar-refractivity contribution in [2.75, 3.05) is 31.1 Å². The van der Waals surface area contributed by atoms with Crippen LogP contribution in [0.2, 0.25) is 0 Å². The average Bonchev–Trinajstić information content (AvgIpc) is 3.07. The van der Waals surface area contributed by atoms with Crippen LogP contribution in [-0.2, 0) is 7.05 Å². The highest BCUT2D eigenvalue weighted by molar-refractivity contribution is 5.94. The van der Waals surface area contributed by atoms with Gasteiger partial charge in [-0.3, -0.25) is 9.48 Å². The summed E-state index contributed by atoms with van der Waals surface area (Å²) < 4.78 is 1.74. The number of carbonyl (C=O) groups is 1. The SMILES string of the molecule is Cc1nc(-c2ccc(C(=O)N3CCN(c4ccc(O)cc4)CC3)cc2)nn1C. The van der Waals surface area contributed by atoms with Crippen LogP contribution in [0.5, 0.6) is 5.75 Å². The topological polar surface area (TPSA) is 74.5 Å². The number of aromatic hydroxyl groups is 1. The number of aryl methyl sites for hydroxylation is 2. The summed E-state index contributed by atoms with van der Waals surface area (Å²) in [7, 11) is 1.86. The number of phenols is 1. The van der Waals surface area contributed by atoms with Crippen LogP contribution in [-0.4, -0.2) is 56.9 Å². The van der Waals surface area contributed by atoms with Crippen LogP contribution >= 0.6 is 0 Å². The Hall–Kier alpha value is -3.35. The van der Waals surface area contributed by atoms with Crippen molar-refractivity contribution < 1.29 is 9.90 Å². The average molecular weight is 377 g/mol. The third-order valence-corrected chi connectivity index (χ3v) is 5.15. The summed E-state index contributed by atoms with van der Waals surface area (Å²) in [6, 6.07) is 14.7. The van der Waals surface area contributed by atoms with Crippen LogP contribution < -0.4 is 4.90 Å². The molecule has 1 fully saturated rings. The molecule has 1 aliphatic rings. The quantitative estimate of drug-likeness (QED) is 0.759. The smallest absolute Gasteiger partial charge is 0.253 e. The second-order valence-electron chi connectivity index (χ2n) is 6.98. The normalized spacial score (nSPS) is 14.4. The fourth-order valence-corrected chi connectivity index (χ4v) is 3.36. The van der Waals surface area contributed by atoms with Crippen LogP contribution in [0.4, 0.5) is 5.69 Å². The maximum atomic E-state index is 12.8. The molecule has 0 bridgehead atoms. The van der Waals surface area contributed by atoms with Gasteiger partial charge in [0.05, 0.1) is 0 Å². The van der Waals surface area contributed by atoms with Crippen molar-refractivity contribution in [2.24, 2.45) is 7.05 Å². The Morgan fingerprint density at radius 3 is 2.18 bits per heavy atom. The van der Waals surface area contributed by atoms with E-state index in [0.29, 0.717) is 24.5 Å². The van der Waals surface area contributed by atoms with E-state index in [4.69, 9.17) is 0 Å². The number of phenolic OH excluding ortho intramolecular Hbond substituents is 1. The minimum atomic E-state index is 0.0436. The predicted octanol–water partition coefficient (Wildman–Crippen LogP) is 2.46. The second-order valence-corrected chi connectivity index (χ2v) is 6.98. The highest BCUT2D eigenvalue weighted by atomic mass is 16.3. The number of hydrogen-bond acceptors (Lipinski definition) is 5. The summed E-state index contributed by atoms with van der Waals surface area (Å²) in [5.74, 6) is 1.82. The lowest BCUT2D eigenvalue weighted by molar-refractivity contribution is 0.0747. The highest BCUT2D eigenvalue weighted by Crippen LogP contribution is 2.21. The summed E-state index contributed by atoms with van der Waals surface area (Å²) in [5, 5.41) is 13.8. The van der Waals surface area contributed by atoms with Crippen LogP contribution in [0.25, 0.3) is 11.4 Å². The van der Waals surface area contributed by atoms with Gasteiger partial charge in [0.15, 0.2) is 5.82 Å². The molecule has 0 unspecified atom stereocenters. The Labute approximate surface area is 163 Å². The molecule has 0 spiro atoms. The number of hydrogen-bond donors (Lipinski definition) is 1. The summed E-state index contributed by atoms with van der Waals surface area (Å²) in [6.07, 6.45) is 0. The van der Waals surface area contributed by atoms with E-state index in [1.807, 2.05) is 55.3 Å². The van der Waals surface area contributed by atoms with Gasteiger partial charge in [-0.05, 0) is 43.3 Å². The molecule has 3 aromatic rings. The van der Waals surface area contributed by atoms with E-state index in [1.54, 1.807) is 16.8 Å². The van der Waals surface area contributed by atoms with Crippen LogP contribution in [0.15, 0.2) is 48.5 Å². The number of benzene rings is 2. The standard InChI is InChI=1S/C21H23N5O2/c1-15-22-20(23-24(15)2)16-3-5-17(6-4-16)21(28)26-13-11-25(12-14-26)18-7-9-19(27)10-8-18/h3-10,27H,11-14H2,1-2H3. The van der Waals surface area contributed by atoms with Gasteiger partial charge in [0.2, 0.25) is 0 Å². The summed E-state index contributed by atoms with van der Waals surface area (Å²) in [4.78, 5) is 21.4. The molecule has 1 saturated heterocycles. The molecule has 2 heterocycles. The molecule has 144 valence electrons. The van der Waals surface area contributed by atoms with E-state index in [-0.39, 0.29) is 11.7 Å². The van der Waals surface area contributed by atoms with Crippen LogP contribution in [0.1, 0.15) is 16.2 Å². The van der Waals surface area contributed by atoms with Gasteiger partial charge in [-0.25, -0.2) is 4.98 Å². The Morgan fingerprint density at radius 1 is 0.964 bits per heavy atom. The Kier molecular flexibility index (Phi) is 4.73. The zero-order chi connectivity index (χ0) is 19.7. The van der Waals surface area contributed by atoms with Gasteiger partial charge in [-0.1, -0.05) is 12.1 Å². The van der Waals surface area contributed by atoms with Crippen molar-refractivity contribution in [1.29, 1.82) is 0 Å². The fourth-order valence-electron chi connectivity index (χ4n) is 3.36. The minimum absolute atomic E-state index is 0.0436. The summed E-state index contributed by atoms with van der Waals surface area (Å²) in [6.45, 7) is 4.79. The molecule has 0 saturated carbocycles. The number of carbonyl (C=O) groups excluding carboxylic acids is 1. The molecule has 1 aromatic heterocycles. The van der Waals surface area contributed by atoms with E-state index in [0.717, 1.165) is 30.2 Å². The molecule has 1 aliphatic heterocycles. The number of aromatic nitrogens is 3. The van der Waals surface area contributed by atoms with Crippen molar-refractivity contribution in [3.8, 4) is 17.1 Å². The molecule has 1 amide bonds. The molecule has 4 rings (SSSR count). The number of amides is 1. The van der Waals surface area contributed by atoms with E-state index < -0.39 is 0 Å². The first-order valence-electron chi connectivity index (χ1n) is 9.32. The minimum Gasteiger partial charge on any atom is -0.508 e. The number of nitrogens with zero attached hydrogens (tertiary/aromatic N) is 5. The molecular weight excluding hydrogens is 354 g/mol. The zero-order valence-corrected chi connectivity index (χ0v) is 16.0. The van der Waals surface area contributed by atoms with Crippen LogP contribution in [0.3, 0.4) is 0 Å². The summed E-state index contributed by atoms with van der Waals surface area (Å²) >= 11 is 0. The molecular formula is C21H23N5O2.